The summed E-state index contributed by atoms with van der Waals surface area (Å²) >= 11 is 0. The number of carbonyl (C=O) groups excluding carboxylic acids is 1. The SMILES string of the molecule is CN(C)C(=O)CCCNCCC(=O)O. The van der Waals surface area contributed by atoms with E-state index in [9.17, 15) is 9.59 Å². The van der Waals surface area contributed by atoms with Crippen molar-refractivity contribution in [2.75, 3.05) is 27.2 Å². The predicted molar refractivity (Wildman–Crippen MR) is 53.1 cm³/mol. The second kappa shape index (κ2) is 7.32. The molecule has 0 atom stereocenters. The average molecular weight is 202 g/mol. The van der Waals surface area contributed by atoms with Gasteiger partial charge in [0.05, 0.1) is 6.42 Å². The van der Waals surface area contributed by atoms with Gasteiger partial charge in [0.25, 0.3) is 0 Å². The number of carbonyl (C=O) groups is 2. The Bertz CT molecular complexity index is 192. The Labute approximate surface area is 84.1 Å². The smallest absolute Gasteiger partial charge is 0.304 e. The first-order valence-electron chi connectivity index (χ1n) is 4.66. The zero-order chi connectivity index (χ0) is 11.0. The van der Waals surface area contributed by atoms with E-state index in [0.29, 0.717) is 19.5 Å². The van der Waals surface area contributed by atoms with Crippen molar-refractivity contribution < 1.29 is 14.7 Å². The second-order valence-corrected chi connectivity index (χ2v) is 3.29. The maximum absolute atomic E-state index is 11.1. The van der Waals surface area contributed by atoms with Crippen LogP contribution in [0.4, 0.5) is 0 Å². The van der Waals surface area contributed by atoms with Gasteiger partial charge >= 0.3 is 5.97 Å². The lowest BCUT2D eigenvalue weighted by Gasteiger charge is -2.09. The van der Waals surface area contributed by atoms with Crippen LogP contribution < -0.4 is 5.32 Å². The fraction of sp³-hybridized carbons (Fsp3) is 0.778. The van der Waals surface area contributed by atoms with E-state index in [-0.39, 0.29) is 12.3 Å². The topological polar surface area (TPSA) is 69.6 Å². The Morgan fingerprint density at radius 1 is 1.21 bits per heavy atom. The highest BCUT2D eigenvalue weighted by Crippen LogP contribution is 1.91. The molecule has 0 saturated carbocycles. The van der Waals surface area contributed by atoms with E-state index in [2.05, 4.69) is 5.32 Å². The molecule has 14 heavy (non-hydrogen) atoms. The number of carboxylic acid groups (broad SMARTS) is 1. The minimum Gasteiger partial charge on any atom is -0.481 e. The molecule has 0 aliphatic heterocycles. The van der Waals surface area contributed by atoms with E-state index in [1.54, 1.807) is 19.0 Å². The molecule has 0 bridgehead atoms. The average Bonchev–Trinajstić information content (AvgIpc) is 2.09. The molecule has 0 radical (unpaired) electrons. The number of hydrogen-bond acceptors (Lipinski definition) is 3. The van der Waals surface area contributed by atoms with Gasteiger partial charge in [-0.1, -0.05) is 0 Å². The van der Waals surface area contributed by atoms with Crippen LogP contribution in [0.1, 0.15) is 19.3 Å². The molecule has 2 N–H and O–H groups in total. The first-order chi connectivity index (χ1) is 6.54. The first kappa shape index (κ1) is 12.9. The third-order valence-corrected chi connectivity index (χ3v) is 1.76. The molecule has 82 valence electrons. The summed E-state index contributed by atoms with van der Waals surface area (Å²) in [4.78, 5) is 22.8. The normalized spacial score (nSPS) is 9.86. The van der Waals surface area contributed by atoms with Crippen molar-refractivity contribution in [3.8, 4) is 0 Å². The zero-order valence-electron chi connectivity index (χ0n) is 8.75. The fourth-order valence-electron chi connectivity index (χ4n) is 0.909. The Morgan fingerprint density at radius 3 is 2.36 bits per heavy atom. The molecule has 0 spiro atoms. The summed E-state index contributed by atoms with van der Waals surface area (Å²) in [5.74, 6) is -0.702. The lowest BCUT2D eigenvalue weighted by Crippen LogP contribution is -2.24. The zero-order valence-corrected chi connectivity index (χ0v) is 8.75. The summed E-state index contributed by atoms with van der Waals surface area (Å²) < 4.78 is 0. The number of rotatable bonds is 7. The van der Waals surface area contributed by atoms with E-state index >= 15 is 0 Å². The number of nitrogens with zero attached hydrogens (tertiary/aromatic N) is 1. The van der Waals surface area contributed by atoms with Gasteiger partial charge in [0, 0.05) is 27.1 Å². The lowest BCUT2D eigenvalue weighted by atomic mass is 10.3. The van der Waals surface area contributed by atoms with Gasteiger partial charge in [0.2, 0.25) is 5.91 Å². The van der Waals surface area contributed by atoms with Crippen LogP contribution in [0.5, 0.6) is 0 Å². The Kier molecular flexibility index (Phi) is 6.74. The summed E-state index contributed by atoms with van der Waals surface area (Å²) in [6, 6.07) is 0. The number of amides is 1. The maximum Gasteiger partial charge on any atom is 0.304 e. The van der Waals surface area contributed by atoms with Gasteiger partial charge in [0.1, 0.15) is 0 Å². The number of hydrogen-bond donors (Lipinski definition) is 2. The van der Waals surface area contributed by atoms with Gasteiger partial charge in [-0.15, -0.1) is 0 Å². The summed E-state index contributed by atoms with van der Waals surface area (Å²) in [6.45, 7) is 1.15. The Morgan fingerprint density at radius 2 is 1.86 bits per heavy atom. The van der Waals surface area contributed by atoms with Gasteiger partial charge in [-0.05, 0) is 13.0 Å². The quantitative estimate of drug-likeness (QED) is 0.566. The van der Waals surface area contributed by atoms with E-state index in [0.717, 1.165) is 6.42 Å². The molecule has 0 aliphatic rings. The monoisotopic (exact) mass is 202 g/mol. The third-order valence-electron chi connectivity index (χ3n) is 1.76. The van der Waals surface area contributed by atoms with Crippen LogP contribution in [-0.2, 0) is 9.59 Å². The predicted octanol–water partition coefficient (Wildman–Crippen LogP) is -0.0809. The van der Waals surface area contributed by atoms with Crippen LogP contribution in [0, 0.1) is 0 Å². The fourth-order valence-corrected chi connectivity index (χ4v) is 0.909. The minimum absolute atomic E-state index is 0.102. The van der Waals surface area contributed by atoms with Crippen molar-refractivity contribution in [3.05, 3.63) is 0 Å². The molecule has 1 amide bonds. The summed E-state index contributed by atoms with van der Waals surface area (Å²) in [6.07, 6.45) is 1.38. The second-order valence-electron chi connectivity index (χ2n) is 3.29. The number of nitrogens with one attached hydrogen (secondary N) is 1. The van der Waals surface area contributed by atoms with Crippen LogP contribution in [0.2, 0.25) is 0 Å². The van der Waals surface area contributed by atoms with Crippen LogP contribution in [0.3, 0.4) is 0 Å². The standard InChI is InChI=1S/C9H18N2O3/c1-11(2)8(12)4-3-6-10-7-5-9(13)14/h10H,3-7H2,1-2H3,(H,13,14). The molecule has 0 rings (SSSR count). The van der Waals surface area contributed by atoms with Crippen LogP contribution in [0.25, 0.3) is 0 Å². The van der Waals surface area contributed by atoms with Crippen molar-refractivity contribution in [1.82, 2.24) is 10.2 Å². The van der Waals surface area contributed by atoms with Gasteiger partial charge in [-0.25, -0.2) is 0 Å². The molecule has 0 heterocycles. The first-order valence-corrected chi connectivity index (χ1v) is 4.66. The molecule has 0 aromatic heterocycles. The van der Waals surface area contributed by atoms with Gasteiger partial charge in [0.15, 0.2) is 0 Å². The molecule has 0 aromatic carbocycles. The Hall–Kier alpha value is -1.10. The lowest BCUT2D eigenvalue weighted by molar-refractivity contribution is -0.137. The minimum atomic E-state index is -0.804. The van der Waals surface area contributed by atoms with Crippen molar-refractivity contribution in [1.29, 1.82) is 0 Å². The van der Waals surface area contributed by atoms with E-state index in [1.165, 1.54) is 0 Å². The van der Waals surface area contributed by atoms with E-state index in [4.69, 9.17) is 5.11 Å². The molecule has 0 aromatic rings. The molecule has 0 unspecified atom stereocenters. The Balaban J connectivity index is 3.22. The third kappa shape index (κ3) is 7.54. The molecule has 5 heteroatoms. The summed E-state index contributed by atoms with van der Waals surface area (Å²) in [7, 11) is 3.44. The van der Waals surface area contributed by atoms with Crippen LogP contribution in [-0.4, -0.2) is 49.1 Å². The van der Waals surface area contributed by atoms with Crippen molar-refractivity contribution in [2.45, 2.75) is 19.3 Å². The van der Waals surface area contributed by atoms with Crippen LogP contribution in [0.15, 0.2) is 0 Å². The molecule has 0 fully saturated rings. The van der Waals surface area contributed by atoms with Crippen molar-refractivity contribution >= 4 is 11.9 Å². The molecular formula is C9H18N2O3. The van der Waals surface area contributed by atoms with E-state index in [1.807, 2.05) is 0 Å². The molecule has 5 nitrogen and oxygen atoms in total. The molecule has 0 saturated heterocycles. The number of carboxylic acids is 1. The van der Waals surface area contributed by atoms with Gasteiger partial charge < -0.3 is 15.3 Å². The van der Waals surface area contributed by atoms with Gasteiger partial charge in [-0.3, -0.25) is 9.59 Å². The summed E-state index contributed by atoms with van der Waals surface area (Å²) in [5.41, 5.74) is 0. The highest BCUT2D eigenvalue weighted by atomic mass is 16.4. The number of aliphatic carboxylic acids is 1. The molecular weight excluding hydrogens is 184 g/mol. The van der Waals surface area contributed by atoms with Gasteiger partial charge in [-0.2, -0.15) is 0 Å². The highest BCUT2D eigenvalue weighted by Gasteiger charge is 2.02. The van der Waals surface area contributed by atoms with Crippen LogP contribution >= 0.6 is 0 Å². The largest absolute Gasteiger partial charge is 0.481 e. The van der Waals surface area contributed by atoms with Crippen molar-refractivity contribution in [2.24, 2.45) is 0 Å². The van der Waals surface area contributed by atoms with E-state index < -0.39 is 5.97 Å². The molecule has 0 aliphatic carbocycles. The van der Waals surface area contributed by atoms with Crippen molar-refractivity contribution in [3.63, 3.8) is 0 Å². The highest BCUT2D eigenvalue weighted by molar-refractivity contribution is 5.75. The summed E-state index contributed by atoms with van der Waals surface area (Å²) in [5, 5.41) is 11.3. The maximum atomic E-state index is 11.1.